The minimum absolute atomic E-state index is 0.210. The number of nitrogens with one attached hydrogen (secondary N) is 2. The number of nitrogens with zero attached hydrogens (tertiary/aromatic N) is 3. The molecule has 6 nitrogen and oxygen atoms in total. The quantitative estimate of drug-likeness (QED) is 0.703. The summed E-state index contributed by atoms with van der Waals surface area (Å²) < 4.78 is 0. The summed E-state index contributed by atoms with van der Waals surface area (Å²) in [5.74, 6) is 0.561. The van der Waals surface area contributed by atoms with Crippen LogP contribution in [0.5, 0.6) is 0 Å². The maximum absolute atomic E-state index is 12.3. The lowest BCUT2D eigenvalue weighted by Gasteiger charge is -2.09. The van der Waals surface area contributed by atoms with E-state index in [0.717, 1.165) is 0 Å². The highest BCUT2D eigenvalue weighted by Gasteiger charge is 2.10. The first-order valence-electron chi connectivity index (χ1n) is 8.56. The van der Waals surface area contributed by atoms with Gasteiger partial charge in [-0.2, -0.15) is 5.26 Å². The summed E-state index contributed by atoms with van der Waals surface area (Å²) in [6.45, 7) is 4.24. The van der Waals surface area contributed by atoms with Crippen molar-refractivity contribution in [1.82, 2.24) is 9.97 Å². The second-order valence-corrected chi connectivity index (χ2v) is 6.30. The number of carbonyl (C=O) groups is 1. The van der Waals surface area contributed by atoms with Crippen LogP contribution >= 0.6 is 0 Å². The highest BCUT2D eigenvalue weighted by molar-refractivity contribution is 6.02. The second kappa shape index (κ2) is 8.11. The van der Waals surface area contributed by atoms with Crippen molar-refractivity contribution in [2.75, 3.05) is 10.6 Å². The van der Waals surface area contributed by atoms with Gasteiger partial charge >= 0.3 is 0 Å². The maximum Gasteiger partial charge on any atom is 0.275 e. The van der Waals surface area contributed by atoms with Crippen LogP contribution in [-0.4, -0.2) is 15.9 Å². The molecule has 6 heteroatoms. The number of rotatable bonds is 5. The average Bonchev–Trinajstić information content (AvgIpc) is 2.69. The van der Waals surface area contributed by atoms with E-state index in [1.54, 1.807) is 18.2 Å². The minimum atomic E-state index is -0.330. The fourth-order valence-corrected chi connectivity index (χ4v) is 2.48. The molecule has 0 spiro atoms. The Morgan fingerprint density at radius 1 is 1.04 bits per heavy atom. The molecule has 2 aromatic carbocycles. The van der Waals surface area contributed by atoms with Gasteiger partial charge < -0.3 is 10.6 Å². The highest BCUT2D eigenvalue weighted by atomic mass is 16.1. The molecule has 27 heavy (non-hydrogen) atoms. The molecule has 0 saturated carbocycles. The van der Waals surface area contributed by atoms with Gasteiger partial charge in [-0.1, -0.05) is 38.1 Å². The summed E-state index contributed by atoms with van der Waals surface area (Å²) in [5, 5.41) is 15.0. The summed E-state index contributed by atoms with van der Waals surface area (Å²) in [6, 6.07) is 16.9. The van der Waals surface area contributed by atoms with Crippen molar-refractivity contribution in [2.45, 2.75) is 19.8 Å². The van der Waals surface area contributed by atoms with Crippen molar-refractivity contribution < 1.29 is 4.79 Å². The fourth-order valence-electron chi connectivity index (χ4n) is 2.48. The molecule has 0 radical (unpaired) electrons. The largest absolute Gasteiger partial charge is 0.338 e. The topological polar surface area (TPSA) is 90.7 Å². The Labute approximate surface area is 157 Å². The van der Waals surface area contributed by atoms with Crippen molar-refractivity contribution >= 4 is 23.1 Å². The first kappa shape index (κ1) is 18.1. The maximum atomic E-state index is 12.3. The predicted octanol–water partition coefficient (Wildman–Crippen LogP) is 4.47. The Bertz CT molecular complexity index is 973. The van der Waals surface area contributed by atoms with Gasteiger partial charge in [0, 0.05) is 5.69 Å². The summed E-state index contributed by atoms with van der Waals surface area (Å²) in [7, 11) is 0. The summed E-state index contributed by atoms with van der Waals surface area (Å²) in [4.78, 5) is 20.7. The molecule has 3 aromatic rings. The summed E-state index contributed by atoms with van der Waals surface area (Å²) >= 11 is 0. The van der Waals surface area contributed by atoms with Gasteiger partial charge in [0.05, 0.1) is 23.6 Å². The molecule has 0 atom stereocenters. The van der Waals surface area contributed by atoms with E-state index in [4.69, 9.17) is 5.26 Å². The average molecular weight is 357 g/mol. The van der Waals surface area contributed by atoms with Gasteiger partial charge in [0.25, 0.3) is 5.91 Å². The van der Waals surface area contributed by atoms with Gasteiger partial charge in [-0.05, 0) is 35.7 Å². The molecule has 134 valence electrons. The Kier molecular flexibility index (Phi) is 5.43. The summed E-state index contributed by atoms with van der Waals surface area (Å²) in [6.07, 6.45) is 2.86. The second-order valence-electron chi connectivity index (χ2n) is 6.30. The predicted molar refractivity (Wildman–Crippen MR) is 105 cm³/mol. The molecular formula is C21H19N5O. The molecule has 0 unspecified atom stereocenters. The third kappa shape index (κ3) is 4.47. The van der Waals surface area contributed by atoms with Crippen molar-refractivity contribution in [3.8, 4) is 6.07 Å². The van der Waals surface area contributed by atoms with E-state index in [-0.39, 0.29) is 11.6 Å². The van der Waals surface area contributed by atoms with E-state index in [0.29, 0.717) is 28.7 Å². The Morgan fingerprint density at radius 2 is 1.78 bits per heavy atom. The number of amides is 1. The van der Waals surface area contributed by atoms with Crippen LogP contribution in [0.2, 0.25) is 0 Å². The van der Waals surface area contributed by atoms with E-state index in [1.807, 2.05) is 30.3 Å². The van der Waals surface area contributed by atoms with Gasteiger partial charge in [0.15, 0.2) is 0 Å². The standard InChI is InChI=1S/C21H19N5O/c1-14(2)15-7-9-17(10-8-15)25-21(27)19-12-24-20(13-23-19)26-18-6-4-3-5-16(18)11-22/h3-10,12-14H,1-2H3,(H,24,26)(H,25,27). The van der Waals surface area contributed by atoms with Gasteiger partial charge in [-0.3, -0.25) is 4.79 Å². The Balaban J connectivity index is 1.67. The zero-order valence-corrected chi connectivity index (χ0v) is 15.1. The van der Waals surface area contributed by atoms with Gasteiger partial charge in [-0.15, -0.1) is 0 Å². The third-order valence-corrected chi connectivity index (χ3v) is 4.03. The molecule has 0 fully saturated rings. The molecule has 0 aliphatic rings. The van der Waals surface area contributed by atoms with Crippen molar-refractivity contribution in [3.05, 3.63) is 77.7 Å². The molecule has 2 N–H and O–H groups in total. The van der Waals surface area contributed by atoms with Crippen LogP contribution in [0.25, 0.3) is 0 Å². The lowest BCUT2D eigenvalue weighted by molar-refractivity contribution is 0.102. The highest BCUT2D eigenvalue weighted by Crippen LogP contribution is 2.19. The number of para-hydroxylation sites is 1. The molecule has 0 aliphatic heterocycles. The van der Waals surface area contributed by atoms with Crippen molar-refractivity contribution in [3.63, 3.8) is 0 Å². The Hall–Kier alpha value is -3.72. The smallest absolute Gasteiger partial charge is 0.275 e. The van der Waals surface area contributed by atoms with E-state index >= 15 is 0 Å². The number of anilines is 3. The number of hydrogen-bond acceptors (Lipinski definition) is 5. The molecular weight excluding hydrogens is 338 g/mol. The van der Waals surface area contributed by atoms with Crippen LogP contribution in [0.15, 0.2) is 60.9 Å². The molecule has 1 amide bonds. The first-order chi connectivity index (χ1) is 13.1. The number of carbonyl (C=O) groups excluding carboxylic acids is 1. The lowest BCUT2D eigenvalue weighted by Crippen LogP contribution is -2.14. The minimum Gasteiger partial charge on any atom is -0.338 e. The first-order valence-corrected chi connectivity index (χ1v) is 8.56. The molecule has 0 bridgehead atoms. The van der Waals surface area contributed by atoms with Crippen LogP contribution in [0.1, 0.15) is 41.4 Å². The zero-order chi connectivity index (χ0) is 19.2. The van der Waals surface area contributed by atoms with E-state index in [1.165, 1.54) is 18.0 Å². The van der Waals surface area contributed by atoms with Crippen molar-refractivity contribution in [1.29, 1.82) is 5.26 Å². The van der Waals surface area contributed by atoms with Gasteiger partial charge in [0.1, 0.15) is 17.6 Å². The van der Waals surface area contributed by atoms with E-state index < -0.39 is 0 Å². The normalized spacial score (nSPS) is 10.3. The van der Waals surface area contributed by atoms with Gasteiger partial charge in [-0.25, -0.2) is 9.97 Å². The lowest BCUT2D eigenvalue weighted by atomic mass is 10.0. The zero-order valence-electron chi connectivity index (χ0n) is 15.1. The molecule has 1 heterocycles. The van der Waals surface area contributed by atoms with Crippen LogP contribution in [0, 0.1) is 11.3 Å². The number of nitriles is 1. The van der Waals surface area contributed by atoms with Crippen LogP contribution in [0.3, 0.4) is 0 Å². The SMILES string of the molecule is CC(C)c1ccc(NC(=O)c2cnc(Nc3ccccc3C#N)cn2)cc1. The van der Waals surface area contributed by atoms with Crippen molar-refractivity contribution in [2.24, 2.45) is 0 Å². The van der Waals surface area contributed by atoms with Crippen LogP contribution in [-0.2, 0) is 0 Å². The molecule has 1 aromatic heterocycles. The van der Waals surface area contributed by atoms with Crippen LogP contribution in [0.4, 0.5) is 17.2 Å². The fraction of sp³-hybridized carbons (Fsp3) is 0.143. The van der Waals surface area contributed by atoms with E-state index in [9.17, 15) is 4.79 Å². The number of hydrogen-bond donors (Lipinski definition) is 2. The van der Waals surface area contributed by atoms with Gasteiger partial charge in [0.2, 0.25) is 0 Å². The number of benzene rings is 2. The monoisotopic (exact) mass is 357 g/mol. The molecule has 0 aliphatic carbocycles. The third-order valence-electron chi connectivity index (χ3n) is 4.03. The van der Waals surface area contributed by atoms with Crippen LogP contribution < -0.4 is 10.6 Å². The molecule has 3 rings (SSSR count). The number of aromatic nitrogens is 2. The Morgan fingerprint density at radius 3 is 2.41 bits per heavy atom. The molecule has 0 saturated heterocycles. The summed E-state index contributed by atoms with van der Waals surface area (Å²) in [5.41, 5.74) is 3.27. The van der Waals surface area contributed by atoms with E-state index in [2.05, 4.69) is 40.5 Å².